The fourth-order valence-corrected chi connectivity index (χ4v) is 4.96. The standard InChI is InChI=1S/C24H30N2O4/c1-6-7-18-12-16(2)21(17(3)13-18)22-19(27)14-24(15-20(22)28)8-10-26(11-9-24)23(29)25(4)30-5/h12-13,22H,8-11,14-15H2,1-5H3. The van der Waals surface area contributed by atoms with Gasteiger partial charge < -0.3 is 4.90 Å². The summed E-state index contributed by atoms with van der Waals surface area (Å²) in [4.78, 5) is 45.4. The minimum atomic E-state index is -0.682. The van der Waals surface area contributed by atoms with Crippen LogP contribution in [0, 0.1) is 31.1 Å². The molecule has 1 spiro atoms. The number of ketones is 2. The zero-order chi connectivity index (χ0) is 22.1. The van der Waals surface area contributed by atoms with Gasteiger partial charge in [-0.25, -0.2) is 9.86 Å². The molecule has 2 fully saturated rings. The number of likely N-dealkylation sites (tertiary alicyclic amines) is 1. The maximum atomic E-state index is 13.2. The van der Waals surface area contributed by atoms with E-state index in [1.807, 2.05) is 26.0 Å². The molecular weight excluding hydrogens is 380 g/mol. The number of Topliss-reactive ketones (excluding diaryl/α,β-unsaturated/α-hetero) is 2. The van der Waals surface area contributed by atoms with Crippen molar-refractivity contribution < 1.29 is 19.2 Å². The number of carbonyl (C=O) groups is 3. The van der Waals surface area contributed by atoms with Crippen molar-refractivity contribution in [3.63, 3.8) is 0 Å². The lowest BCUT2D eigenvalue weighted by atomic mass is 9.62. The molecule has 1 aromatic carbocycles. The monoisotopic (exact) mass is 410 g/mol. The van der Waals surface area contributed by atoms with E-state index in [9.17, 15) is 14.4 Å². The first-order valence-electron chi connectivity index (χ1n) is 10.4. The molecule has 0 N–H and O–H groups in total. The molecule has 0 atom stereocenters. The second kappa shape index (κ2) is 8.61. The van der Waals surface area contributed by atoms with Crippen LogP contribution in [-0.4, -0.2) is 54.8 Å². The van der Waals surface area contributed by atoms with Gasteiger partial charge in [0.05, 0.1) is 7.11 Å². The molecule has 2 amide bonds. The van der Waals surface area contributed by atoms with Crippen molar-refractivity contribution in [3.8, 4) is 11.8 Å². The summed E-state index contributed by atoms with van der Waals surface area (Å²) in [5, 5.41) is 1.20. The number of hydrogen-bond acceptors (Lipinski definition) is 4. The molecule has 6 nitrogen and oxygen atoms in total. The van der Waals surface area contributed by atoms with Gasteiger partial charge in [-0.15, -0.1) is 5.92 Å². The van der Waals surface area contributed by atoms with E-state index in [2.05, 4.69) is 11.8 Å². The number of urea groups is 1. The van der Waals surface area contributed by atoms with Crippen molar-refractivity contribution in [2.24, 2.45) is 5.41 Å². The zero-order valence-electron chi connectivity index (χ0n) is 18.5. The Kier molecular flexibility index (Phi) is 6.33. The van der Waals surface area contributed by atoms with Crippen LogP contribution < -0.4 is 0 Å². The number of hydroxylamine groups is 2. The Morgan fingerprint density at radius 2 is 1.67 bits per heavy atom. The van der Waals surface area contributed by atoms with Crippen molar-refractivity contribution in [2.45, 2.75) is 52.4 Å². The Morgan fingerprint density at radius 3 is 2.13 bits per heavy atom. The first-order chi connectivity index (χ1) is 14.2. The fraction of sp³-hybridized carbons (Fsp3) is 0.542. The van der Waals surface area contributed by atoms with Gasteiger partial charge in [0.2, 0.25) is 0 Å². The molecule has 0 aromatic heterocycles. The van der Waals surface area contributed by atoms with Crippen LogP contribution in [0.4, 0.5) is 4.79 Å². The normalized spacial score (nSPS) is 18.9. The van der Waals surface area contributed by atoms with Crippen molar-refractivity contribution in [1.29, 1.82) is 0 Å². The largest absolute Gasteiger partial charge is 0.343 e. The second-order valence-electron chi connectivity index (χ2n) is 8.57. The molecule has 0 unspecified atom stereocenters. The van der Waals surface area contributed by atoms with E-state index < -0.39 is 5.92 Å². The number of piperidine rings is 1. The third kappa shape index (κ3) is 4.13. The molecule has 6 heteroatoms. The highest BCUT2D eigenvalue weighted by molar-refractivity contribution is 6.10. The third-order valence-electron chi connectivity index (χ3n) is 6.53. The Labute approximate surface area is 178 Å². The van der Waals surface area contributed by atoms with Crippen LogP contribution in [0.2, 0.25) is 0 Å². The average molecular weight is 411 g/mol. The van der Waals surface area contributed by atoms with E-state index in [4.69, 9.17) is 4.84 Å². The fourth-order valence-electron chi connectivity index (χ4n) is 4.96. The maximum Gasteiger partial charge on any atom is 0.343 e. The van der Waals surface area contributed by atoms with Gasteiger partial charge in [-0.2, -0.15) is 0 Å². The van der Waals surface area contributed by atoms with Crippen molar-refractivity contribution in [3.05, 3.63) is 34.4 Å². The lowest BCUT2D eigenvalue weighted by Crippen LogP contribution is -2.50. The molecule has 0 bridgehead atoms. The first kappa shape index (κ1) is 22.0. The van der Waals surface area contributed by atoms with Crippen LogP contribution in [0.5, 0.6) is 0 Å². The lowest BCUT2D eigenvalue weighted by molar-refractivity contribution is -0.138. The summed E-state index contributed by atoms with van der Waals surface area (Å²) in [5.41, 5.74) is 3.30. The van der Waals surface area contributed by atoms with E-state index in [0.29, 0.717) is 38.8 Å². The van der Waals surface area contributed by atoms with Crippen LogP contribution in [-0.2, 0) is 14.4 Å². The number of aryl methyl sites for hydroxylation is 2. The van der Waals surface area contributed by atoms with Crippen molar-refractivity contribution >= 4 is 17.6 Å². The number of amides is 2. The highest BCUT2D eigenvalue weighted by atomic mass is 16.7. The summed E-state index contributed by atoms with van der Waals surface area (Å²) in [6, 6.07) is 3.72. The van der Waals surface area contributed by atoms with Crippen LogP contribution in [0.15, 0.2) is 12.1 Å². The Hall–Kier alpha value is -2.65. The molecule has 1 heterocycles. The number of benzene rings is 1. The van der Waals surface area contributed by atoms with E-state index in [0.717, 1.165) is 22.3 Å². The molecule has 1 aliphatic heterocycles. The molecule has 2 aliphatic rings. The van der Waals surface area contributed by atoms with Crippen molar-refractivity contribution in [2.75, 3.05) is 27.2 Å². The molecule has 0 radical (unpaired) electrons. The highest BCUT2D eigenvalue weighted by Crippen LogP contribution is 2.46. The molecule has 160 valence electrons. The van der Waals surface area contributed by atoms with Gasteiger partial charge in [-0.3, -0.25) is 14.4 Å². The van der Waals surface area contributed by atoms with E-state index in [1.54, 1.807) is 18.9 Å². The summed E-state index contributed by atoms with van der Waals surface area (Å²) in [5.74, 6) is 5.26. The quantitative estimate of drug-likeness (QED) is 0.426. The predicted molar refractivity (Wildman–Crippen MR) is 114 cm³/mol. The maximum absolute atomic E-state index is 13.2. The zero-order valence-corrected chi connectivity index (χ0v) is 18.5. The third-order valence-corrected chi connectivity index (χ3v) is 6.53. The topological polar surface area (TPSA) is 66.9 Å². The average Bonchev–Trinajstić information content (AvgIpc) is 2.69. The molecule has 1 aromatic rings. The van der Waals surface area contributed by atoms with Crippen LogP contribution >= 0.6 is 0 Å². The van der Waals surface area contributed by atoms with Gasteiger partial charge >= 0.3 is 6.03 Å². The van der Waals surface area contributed by atoms with E-state index in [-0.39, 0.29) is 23.0 Å². The molecule has 1 saturated carbocycles. The number of rotatable bonds is 2. The number of nitrogens with zero attached hydrogens (tertiary/aromatic N) is 2. The summed E-state index contributed by atoms with van der Waals surface area (Å²) in [7, 11) is 3.03. The van der Waals surface area contributed by atoms with Crippen molar-refractivity contribution in [1.82, 2.24) is 9.96 Å². The van der Waals surface area contributed by atoms with Gasteiger partial charge in [0.15, 0.2) is 0 Å². The summed E-state index contributed by atoms with van der Waals surface area (Å²) < 4.78 is 0. The van der Waals surface area contributed by atoms with Crippen LogP contribution in [0.3, 0.4) is 0 Å². The Morgan fingerprint density at radius 1 is 1.13 bits per heavy atom. The minimum Gasteiger partial charge on any atom is -0.323 e. The Bertz CT molecular complexity index is 889. The number of hydrogen-bond donors (Lipinski definition) is 0. The second-order valence-corrected chi connectivity index (χ2v) is 8.57. The van der Waals surface area contributed by atoms with Gasteiger partial charge in [0, 0.05) is 38.5 Å². The summed E-state index contributed by atoms with van der Waals surface area (Å²) in [6.45, 7) is 6.74. The lowest BCUT2D eigenvalue weighted by Gasteiger charge is -2.45. The minimum absolute atomic E-state index is 0.000520. The predicted octanol–water partition coefficient (Wildman–Crippen LogP) is 3.39. The molecule has 1 aliphatic carbocycles. The summed E-state index contributed by atoms with van der Waals surface area (Å²) in [6.07, 6.45) is 2.09. The van der Waals surface area contributed by atoms with Crippen LogP contribution in [0.1, 0.15) is 60.8 Å². The Balaban J connectivity index is 1.77. The first-order valence-corrected chi connectivity index (χ1v) is 10.4. The number of carbonyl (C=O) groups excluding carboxylic acids is 3. The van der Waals surface area contributed by atoms with Gasteiger partial charge in [0.25, 0.3) is 0 Å². The van der Waals surface area contributed by atoms with E-state index >= 15 is 0 Å². The summed E-state index contributed by atoms with van der Waals surface area (Å²) >= 11 is 0. The smallest absolute Gasteiger partial charge is 0.323 e. The highest BCUT2D eigenvalue weighted by Gasteiger charge is 2.48. The van der Waals surface area contributed by atoms with E-state index in [1.165, 1.54) is 12.2 Å². The molecule has 1 saturated heterocycles. The SMILES string of the molecule is CC#Cc1cc(C)c(C2C(=O)CC3(CCN(C(=O)N(C)OC)CC3)CC2=O)c(C)c1. The molecule has 30 heavy (non-hydrogen) atoms. The molecular formula is C24H30N2O4. The molecule has 3 rings (SSSR count). The van der Waals surface area contributed by atoms with Gasteiger partial charge in [0.1, 0.15) is 17.5 Å². The van der Waals surface area contributed by atoms with Crippen LogP contribution in [0.25, 0.3) is 0 Å². The van der Waals surface area contributed by atoms with Gasteiger partial charge in [-0.05, 0) is 67.9 Å². The van der Waals surface area contributed by atoms with Gasteiger partial charge in [-0.1, -0.05) is 5.92 Å².